The third-order valence-electron chi connectivity index (χ3n) is 5.15. The molecule has 2 N–H and O–H groups in total. The highest BCUT2D eigenvalue weighted by Crippen LogP contribution is 2.36. The average Bonchev–Trinajstić information content (AvgIpc) is 2.65. The molecule has 0 spiro atoms. The molecule has 3 aromatic heterocycles. The van der Waals surface area contributed by atoms with E-state index < -0.39 is 0 Å². The summed E-state index contributed by atoms with van der Waals surface area (Å²) in [6.45, 7) is 8.83. The molecule has 0 unspecified atom stereocenters. The fraction of sp³-hybridized carbons (Fsp3) is 0.435. The summed E-state index contributed by atoms with van der Waals surface area (Å²) in [5, 5.41) is 0.989. The van der Waals surface area contributed by atoms with Gasteiger partial charge in [0.1, 0.15) is 6.10 Å². The Kier molecular flexibility index (Phi) is 5.00. The van der Waals surface area contributed by atoms with Gasteiger partial charge in [0.25, 0.3) is 0 Å². The molecule has 1 saturated heterocycles. The zero-order chi connectivity index (χ0) is 20.6. The van der Waals surface area contributed by atoms with Crippen molar-refractivity contribution in [1.82, 2.24) is 15.0 Å². The van der Waals surface area contributed by atoms with E-state index in [9.17, 15) is 0 Å². The van der Waals surface area contributed by atoms with Gasteiger partial charge in [0.15, 0.2) is 0 Å². The molecule has 1 aliphatic rings. The van der Waals surface area contributed by atoms with Crippen LogP contribution in [0.15, 0.2) is 42.7 Å². The van der Waals surface area contributed by atoms with Crippen molar-refractivity contribution in [1.29, 1.82) is 0 Å². The van der Waals surface area contributed by atoms with Crippen LogP contribution < -0.4 is 10.5 Å². The highest BCUT2D eigenvalue weighted by Gasteiger charge is 2.40. The number of pyridine rings is 3. The number of nitrogens with two attached hydrogens (primary N) is 1. The van der Waals surface area contributed by atoms with Gasteiger partial charge in [0.2, 0.25) is 5.88 Å². The first-order chi connectivity index (χ1) is 13.7. The van der Waals surface area contributed by atoms with Crippen LogP contribution in [-0.2, 0) is 11.3 Å². The van der Waals surface area contributed by atoms with Gasteiger partial charge in [-0.15, -0.1) is 0 Å². The van der Waals surface area contributed by atoms with Crippen molar-refractivity contribution in [3.63, 3.8) is 0 Å². The van der Waals surface area contributed by atoms with E-state index >= 15 is 0 Å². The predicted molar refractivity (Wildman–Crippen MR) is 114 cm³/mol. The van der Waals surface area contributed by atoms with Crippen LogP contribution in [0, 0.1) is 0 Å². The summed E-state index contributed by atoms with van der Waals surface area (Å²) in [4.78, 5) is 13.6. The first kappa shape index (κ1) is 19.7. The molecule has 0 atom stereocenters. The number of aromatic nitrogens is 3. The summed E-state index contributed by atoms with van der Waals surface area (Å²) < 4.78 is 12.3. The summed E-state index contributed by atoms with van der Waals surface area (Å²) in [5.74, 6) is 0.627. The number of nitrogens with zero attached hydrogens (tertiary/aromatic N) is 3. The molecular weight excluding hydrogens is 364 g/mol. The normalized spacial score (nSPS) is 18.7. The summed E-state index contributed by atoms with van der Waals surface area (Å²) in [6, 6.07) is 9.83. The maximum atomic E-state index is 6.18. The minimum absolute atomic E-state index is 0.0769. The highest BCUT2D eigenvalue weighted by molar-refractivity contribution is 5.81. The molecule has 0 saturated carbocycles. The van der Waals surface area contributed by atoms with Crippen LogP contribution in [0.2, 0.25) is 0 Å². The van der Waals surface area contributed by atoms with Gasteiger partial charge in [-0.25, -0.2) is 9.97 Å². The van der Waals surface area contributed by atoms with E-state index in [1.165, 1.54) is 0 Å². The van der Waals surface area contributed by atoms with Gasteiger partial charge < -0.3 is 15.2 Å². The third-order valence-corrected chi connectivity index (χ3v) is 5.15. The molecule has 3 aromatic rings. The quantitative estimate of drug-likeness (QED) is 0.714. The van der Waals surface area contributed by atoms with E-state index in [4.69, 9.17) is 20.2 Å². The molecule has 0 bridgehead atoms. The number of hydrogen-bond donors (Lipinski definition) is 1. The lowest BCUT2D eigenvalue weighted by Crippen LogP contribution is -2.49. The van der Waals surface area contributed by atoms with Gasteiger partial charge in [-0.05, 0) is 52.0 Å². The van der Waals surface area contributed by atoms with Crippen molar-refractivity contribution in [2.75, 3.05) is 0 Å². The van der Waals surface area contributed by atoms with Crippen molar-refractivity contribution in [3.05, 3.63) is 48.4 Å². The van der Waals surface area contributed by atoms with E-state index in [1.54, 1.807) is 6.20 Å². The van der Waals surface area contributed by atoms with Crippen LogP contribution in [0.3, 0.4) is 0 Å². The molecule has 0 aliphatic carbocycles. The second-order valence-electron chi connectivity index (χ2n) is 8.92. The number of ether oxygens (including phenoxy) is 2. The smallest absolute Gasteiger partial charge is 0.213 e. The Morgan fingerprint density at radius 1 is 1.03 bits per heavy atom. The summed E-state index contributed by atoms with van der Waals surface area (Å²) in [5.41, 5.74) is 8.78. The topological polar surface area (TPSA) is 83.2 Å². The van der Waals surface area contributed by atoms with E-state index in [2.05, 4.69) is 37.7 Å². The lowest BCUT2D eigenvalue weighted by molar-refractivity contribution is -0.182. The van der Waals surface area contributed by atoms with E-state index in [1.807, 2.05) is 36.5 Å². The molecule has 1 aliphatic heterocycles. The molecule has 6 nitrogen and oxygen atoms in total. The standard InChI is InChI=1S/C23H28N4O2/c1-22(2)10-18(11-23(3,4)29-22)28-21-8-6-15(14-26-21)19-7-5-16-13-25-17(12-24)9-20(16)27-19/h5-9,13-14,18H,10-12,24H2,1-4H3. The van der Waals surface area contributed by atoms with Crippen LogP contribution in [0.25, 0.3) is 22.2 Å². The zero-order valence-corrected chi connectivity index (χ0v) is 17.5. The molecule has 1 fully saturated rings. The SMILES string of the molecule is CC1(C)CC(Oc2ccc(-c3ccc4cnc(CN)cc4n3)cn2)CC(C)(C)O1. The minimum Gasteiger partial charge on any atom is -0.474 e. The Hall–Kier alpha value is -2.57. The second-order valence-corrected chi connectivity index (χ2v) is 8.92. The largest absolute Gasteiger partial charge is 0.474 e. The first-order valence-electron chi connectivity index (χ1n) is 10.0. The highest BCUT2D eigenvalue weighted by atomic mass is 16.5. The fourth-order valence-corrected chi connectivity index (χ4v) is 4.19. The maximum Gasteiger partial charge on any atom is 0.213 e. The summed E-state index contributed by atoms with van der Waals surface area (Å²) in [6.07, 6.45) is 5.37. The van der Waals surface area contributed by atoms with Gasteiger partial charge in [-0.1, -0.05) is 0 Å². The fourth-order valence-electron chi connectivity index (χ4n) is 4.19. The number of hydrogen-bond acceptors (Lipinski definition) is 6. The number of rotatable bonds is 4. The van der Waals surface area contributed by atoms with Gasteiger partial charge in [-0.2, -0.15) is 0 Å². The van der Waals surface area contributed by atoms with Gasteiger partial charge in [0, 0.05) is 48.8 Å². The summed E-state index contributed by atoms with van der Waals surface area (Å²) >= 11 is 0. The lowest BCUT2D eigenvalue weighted by atomic mass is 9.87. The lowest BCUT2D eigenvalue weighted by Gasteiger charge is -2.44. The van der Waals surface area contributed by atoms with Crippen molar-refractivity contribution < 1.29 is 9.47 Å². The Bertz CT molecular complexity index is 999. The van der Waals surface area contributed by atoms with E-state index in [0.717, 1.165) is 40.7 Å². The third kappa shape index (κ3) is 4.54. The van der Waals surface area contributed by atoms with Crippen LogP contribution in [-0.4, -0.2) is 32.3 Å². The van der Waals surface area contributed by atoms with Crippen molar-refractivity contribution >= 4 is 10.9 Å². The second kappa shape index (κ2) is 7.35. The van der Waals surface area contributed by atoms with E-state index in [0.29, 0.717) is 12.4 Å². The van der Waals surface area contributed by atoms with Gasteiger partial charge in [-0.3, -0.25) is 4.98 Å². The average molecular weight is 393 g/mol. The Labute approximate surface area is 171 Å². The van der Waals surface area contributed by atoms with Gasteiger partial charge in [0.05, 0.1) is 28.1 Å². The monoisotopic (exact) mass is 392 g/mol. The van der Waals surface area contributed by atoms with Gasteiger partial charge >= 0.3 is 0 Å². The molecule has 4 rings (SSSR count). The van der Waals surface area contributed by atoms with E-state index in [-0.39, 0.29) is 17.3 Å². The van der Waals surface area contributed by atoms with Crippen LogP contribution in [0.5, 0.6) is 5.88 Å². The number of fused-ring (bicyclic) bond motifs is 1. The zero-order valence-electron chi connectivity index (χ0n) is 17.5. The Balaban J connectivity index is 1.53. The molecule has 152 valence electrons. The van der Waals surface area contributed by atoms with Crippen molar-refractivity contribution in [2.24, 2.45) is 5.73 Å². The Morgan fingerprint density at radius 2 is 1.79 bits per heavy atom. The predicted octanol–water partition coefficient (Wildman–Crippen LogP) is 4.27. The molecular formula is C23H28N4O2. The molecule has 0 aromatic carbocycles. The maximum absolute atomic E-state index is 6.18. The van der Waals surface area contributed by atoms with Crippen LogP contribution in [0.4, 0.5) is 0 Å². The molecule has 6 heteroatoms. The molecule has 4 heterocycles. The Morgan fingerprint density at radius 3 is 2.45 bits per heavy atom. The van der Waals surface area contributed by atoms with Crippen LogP contribution >= 0.6 is 0 Å². The molecule has 0 amide bonds. The van der Waals surface area contributed by atoms with Crippen molar-refractivity contribution in [2.45, 2.75) is 64.4 Å². The molecule has 0 radical (unpaired) electrons. The van der Waals surface area contributed by atoms with Crippen LogP contribution in [0.1, 0.15) is 46.2 Å². The molecule has 29 heavy (non-hydrogen) atoms. The van der Waals surface area contributed by atoms with Crippen molar-refractivity contribution in [3.8, 4) is 17.1 Å². The summed E-state index contributed by atoms with van der Waals surface area (Å²) in [7, 11) is 0. The minimum atomic E-state index is -0.210. The first-order valence-corrected chi connectivity index (χ1v) is 10.0.